The van der Waals surface area contributed by atoms with Crippen molar-refractivity contribution < 1.29 is 4.79 Å². The molecule has 1 aromatic rings. The summed E-state index contributed by atoms with van der Waals surface area (Å²) in [7, 11) is 0. The zero-order valence-corrected chi connectivity index (χ0v) is 14.4. The maximum absolute atomic E-state index is 11.9. The number of carbonyl (C=O) groups is 1. The minimum Gasteiger partial charge on any atom is -0.352 e. The Morgan fingerprint density at radius 2 is 2.05 bits per heavy atom. The number of fused-ring (bicyclic) bond motifs is 1. The van der Waals surface area contributed by atoms with Gasteiger partial charge < -0.3 is 5.32 Å². The summed E-state index contributed by atoms with van der Waals surface area (Å²) in [5, 5.41) is 2.92. The Balaban J connectivity index is 2.17. The Bertz CT molecular complexity index is 504. The van der Waals surface area contributed by atoms with Gasteiger partial charge in [-0.1, -0.05) is 55.8 Å². The van der Waals surface area contributed by atoms with E-state index in [9.17, 15) is 4.79 Å². The molecule has 1 aliphatic rings. The number of hydrogen-bond acceptors (Lipinski definition) is 1. The van der Waals surface area contributed by atoms with Crippen LogP contribution < -0.4 is 5.32 Å². The van der Waals surface area contributed by atoms with Crippen molar-refractivity contribution in [2.45, 2.75) is 45.4 Å². The van der Waals surface area contributed by atoms with Gasteiger partial charge >= 0.3 is 0 Å². The molecule has 0 spiro atoms. The van der Waals surface area contributed by atoms with Gasteiger partial charge in [-0.25, -0.2) is 0 Å². The molecule has 3 heteroatoms. The molecule has 20 heavy (non-hydrogen) atoms. The Hall–Kier alpha value is -0.830. The quantitative estimate of drug-likeness (QED) is 0.809. The van der Waals surface area contributed by atoms with Crippen LogP contribution in [0.15, 0.2) is 18.2 Å². The Kier molecular flexibility index (Phi) is 4.58. The van der Waals surface area contributed by atoms with Gasteiger partial charge in [-0.05, 0) is 41.4 Å². The summed E-state index contributed by atoms with van der Waals surface area (Å²) < 4.78 is 0. The maximum atomic E-state index is 11.9. The Labute approximate surface area is 130 Å². The standard InChI is InChI=1S/C17H24BrNO/c1-11(17(2,3)4)9-15(18)13-6-5-12-7-8-19-16(20)14(12)10-13/h5-6,10-11,15H,7-9H2,1-4H3,(H,19,20). The van der Waals surface area contributed by atoms with Gasteiger partial charge in [-0.3, -0.25) is 4.79 Å². The van der Waals surface area contributed by atoms with Gasteiger partial charge in [0.05, 0.1) is 0 Å². The van der Waals surface area contributed by atoms with Gasteiger partial charge in [0, 0.05) is 16.9 Å². The fraction of sp³-hybridized carbons (Fsp3) is 0.588. The van der Waals surface area contributed by atoms with Gasteiger partial charge in [-0.15, -0.1) is 0 Å². The fourth-order valence-corrected chi connectivity index (χ4v) is 3.27. The van der Waals surface area contributed by atoms with Crippen molar-refractivity contribution in [2.75, 3.05) is 6.54 Å². The first kappa shape index (κ1) is 15.6. The zero-order valence-electron chi connectivity index (χ0n) is 12.8. The van der Waals surface area contributed by atoms with E-state index in [0.717, 1.165) is 24.9 Å². The van der Waals surface area contributed by atoms with Crippen LogP contribution in [0.3, 0.4) is 0 Å². The van der Waals surface area contributed by atoms with Gasteiger partial charge in [0.2, 0.25) is 0 Å². The second-order valence-corrected chi connectivity index (χ2v) is 8.00. The molecule has 2 unspecified atom stereocenters. The highest BCUT2D eigenvalue weighted by molar-refractivity contribution is 9.09. The fourth-order valence-electron chi connectivity index (χ4n) is 2.42. The van der Waals surface area contributed by atoms with Gasteiger partial charge in [0.15, 0.2) is 0 Å². The van der Waals surface area contributed by atoms with E-state index >= 15 is 0 Å². The first-order valence-electron chi connectivity index (χ1n) is 7.34. The molecule has 0 radical (unpaired) electrons. The van der Waals surface area contributed by atoms with E-state index in [1.165, 1.54) is 11.1 Å². The molecule has 0 fully saturated rings. The lowest BCUT2D eigenvalue weighted by Gasteiger charge is -2.29. The summed E-state index contributed by atoms with van der Waals surface area (Å²) in [5.74, 6) is 0.674. The summed E-state index contributed by atoms with van der Waals surface area (Å²) in [6.45, 7) is 9.87. The lowest BCUT2D eigenvalue weighted by molar-refractivity contribution is 0.0946. The largest absolute Gasteiger partial charge is 0.352 e. The molecule has 1 aromatic carbocycles. The molecule has 0 aliphatic carbocycles. The van der Waals surface area contributed by atoms with Gasteiger partial charge in [0.1, 0.15) is 0 Å². The molecule has 2 atom stereocenters. The molecule has 0 bridgehead atoms. The molecule has 0 aromatic heterocycles. The molecular formula is C17H24BrNO. The molecule has 2 rings (SSSR count). The van der Waals surface area contributed by atoms with Crippen molar-refractivity contribution in [2.24, 2.45) is 11.3 Å². The zero-order chi connectivity index (χ0) is 14.9. The second kappa shape index (κ2) is 5.88. The highest BCUT2D eigenvalue weighted by atomic mass is 79.9. The van der Waals surface area contributed by atoms with Crippen LogP contribution in [0.25, 0.3) is 0 Å². The molecule has 1 amide bonds. The van der Waals surface area contributed by atoms with E-state index in [1.54, 1.807) is 0 Å². The van der Waals surface area contributed by atoms with Crippen LogP contribution in [0.5, 0.6) is 0 Å². The average molecular weight is 338 g/mol. The van der Waals surface area contributed by atoms with E-state index in [2.05, 4.69) is 67.1 Å². The highest BCUT2D eigenvalue weighted by Gasteiger charge is 2.24. The van der Waals surface area contributed by atoms with E-state index in [-0.39, 0.29) is 5.91 Å². The third-order valence-electron chi connectivity index (χ3n) is 4.46. The first-order chi connectivity index (χ1) is 9.29. The summed E-state index contributed by atoms with van der Waals surface area (Å²) >= 11 is 3.80. The number of benzene rings is 1. The normalized spacial score (nSPS) is 18.1. The number of carbonyl (C=O) groups excluding carboxylic acids is 1. The number of halogens is 1. The van der Waals surface area contributed by atoms with E-state index in [0.29, 0.717) is 16.2 Å². The van der Waals surface area contributed by atoms with E-state index in [4.69, 9.17) is 0 Å². The van der Waals surface area contributed by atoms with Crippen LogP contribution in [-0.2, 0) is 6.42 Å². The molecule has 0 saturated heterocycles. The topological polar surface area (TPSA) is 29.1 Å². The summed E-state index contributed by atoms with van der Waals surface area (Å²) in [6.07, 6.45) is 2.01. The SMILES string of the molecule is CC(CC(Br)c1ccc2c(c1)C(=O)NCC2)C(C)(C)C. The third kappa shape index (κ3) is 3.43. The van der Waals surface area contributed by atoms with Gasteiger partial charge in [-0.2, -0.15) is 0 Å². The molecule has 2 nitrogen and oxygen atoms in total. The van der Waals surface area contributed by atoms with Crippen molar-refractivity contribution in [3.63, 3.8) is 0 Å². The lowest BCUT2D eigenvalue weighted by atomic mass is 9.79. The number of alkyl halides is 1. The second-order valence-electron chi connectivity index (χ2n) is 6.89. The van der Waals surface area contributed by atoms with Crippen LogP contribution in [0.4, 0.5) is 0 Å². The average Bonchev–Trinajstić information content (AvgIpc) is 2.37. The Morgan fingerprint density at radius 3 is 2.70 bits per heavy atom. The number of hydrogen-bond donors (Lipinski definition) is 1. The van der Waals surface area contributed by atoms with Crippen molar-refractivity contribution in [1.29, 1.82) is 0 Å². The van der Waals surface area contributed by atoms with Crippen molar-refractivity contribution in [3.05, 3.63) is 34.9 Å². The summed E-state index contributed by atoms with van der Waals surface area (Å²) in [5.41, 5.74) is 3.53. The summed E-state index contributed by atoms with van der Waals surface area (Å²) in [4.78, 5) is 12.2. The van der Waals surface area contributed by atoms with Crippen LogP contribution in [0.2, 0.25) is 0 Å². The molecular weight excluding hydrogens is 314 g/mol. The van der Waals surface area contributed by atoms with Crippen molar-refractivity contribution in [3.8, 4) is 0 Å². The minimum atomic E-state index is 0.0664. The number of rotatable bonds is 3. The maximum Gasteiger partial charge on any atom is 0.251 e. The smallest absolute Gasteiger partial charge is 0.251 e. The predicted molar refractivity (Wildman–Crippen MR) is 87.4 cm³/mol. The minimum absolute atomic E-state index is 0.0664. The highest BCUT2D eigenvalue weighted by Crippen LogP contribution is 2.38. The van der Waals surface area contributed by atoms with E-state index in [1.807, 2.05) is 0 Å². The van der Waals surface area contributed by atoms with Crippen molar-refractivity contribution >= 4 is 21.8 Å². The molecule has 1 N–H and O–H groups in total. The molecule has 0 saturated carbocycles. The predicted octanol–water partition coefficient (Wildman–Crippen LogP) is 4.48. The van der Waals surface area contributed by atoms with Crippen LogP contribution in [-0.4, -0.2) is 12.5 Å². The molecule has 1 heterocycles. The third-order valence-corrected chi connectivity index (χ3v) is 5.36. The van der Waals surface area contributed by atoms with Crippen LogP contribution in [0, 0.1) is 11.3 Å². The molecule has 110 valence electrons. The number of amides is 1. The van der Waals surface area contributed by atoms with E-state index < -0.39 is 0 Å². The summed E-state index contributed by atoms with van der Waals surface area (Å²) in [6, 6.07) is 6.32. The van der Waals surface area contributed by atoms with Gasteiger partial charge in [0.25, 0.3) is 5.91 Å². The lowest BCUT2D eigenvalue weighted by Crippen LogP contribution is -2.31. The monoisotopic (exact) mass is 337 g/mol. The van der Waals surface area contributed by atoms with Crippen molar-refractivity contribution in [1.82, 2.24) is 5.32 Å². The molecule has 1 aliphatic heterocycles. The number of nitrogens with one attached hydrogen (secondary N) is 1. The van der Waals surface area contributed by atoms with Crippen LogP contribution in [0.1, 0.15) is 60.4 Å². The van der Waals surface area contributed by atoms with Crippen LogP contribution >= 0.6 is 15.9 Å². The Morgan fingerprint density at radius 1 is 1.35 bits per heavy atom. The first-order valence-corrected chi connectivity index (χ1v) is 8.25.